The minimum atomic E-state index is -0.711. The number of rotatable bonds is 1. The summed E-state index contributed by atoms with van der Waals surface area (Å²) in [7, 11) is 0. The van der Waals surface area contributed by atoms with Gasteiger partial charge in [-0.1, -0.05) is 0 Å². The average Bonchev–Trinajstić information content (AvgIpc) is 2.00. The fraction of sp³-hybridized carbons (Fsp3) is 0.333. The van der Waals surface area contributed by atoms with Crippen LogP contribution in [0.3, 0.4) is 0 Å². The molecule has 9 nitrogen and oxygen atoms in total. The molecule has 1 aromatic heterocycles. The van der Waals surface area contributed by atoms with Crippen LogP contribution in [0.25, 0.3) is 0 Å². The second-order valence-electron chi connectivity index (χ2n) is 2.16. The van der Waals surface area contributed by atoms with E-state index in [0.29, 0.717) is 6.61 Å². The molecule has 0 aliphatic carbocycles. The zero-order valence-corrected chi connectivity index (χ0v) is 8.17. The molecule has 1 amide bonds. The highest BCUT2D eigenvalue weighted by Crippen LogP contribution is 1.97. The number of nitrogens with zero attached hydrogens (tertiary/aromatic N) is 3. The first-order valence-corrected chi connectivity index (χ1v) is 3.90. The number of hydrogen-bond acceptors (Lipinski definition) is 8. The van der Waals surface area contributed by atoms with Crippen LogP contribution in [-0.2, 0) is 4.74 Å². The number of anilines is 3. The molecule has 15 heavy (non-hydrogen) atoms. The number of primary amides is 1. The number of amides is 1. The highest BCUT2D eigenvalue weighted by molar-refractivity contribution is 5.64. The van der Waals surface area contributed by atoms with Crippen LogP contribution in [0, 0.1) is 0 Å². The Bertz CT molecular complexity index is 279. The van der Waals surface area contributed by atoms with E-state index in [1.165, 1.54) is 0 Å². The molecule has 0 aromatic carbocycles. The normalized spacial score (nSPS) is 8.60. The lowest BCUT2D eigenvalue weighted by molar-refractivity contribution is 0.163. The molecule has 0 radical (unpaired) electrons. The summed E-state index contributed by atoms with van der Waals surface area (Å²) in [4.78, 5) is 20.1. The summed E-state index contributed by atoms with van der Waals surface area (Å²) < 4.78 is 4.18. The van der Waals surface area contributed by atoms with Crippen LogP contribution >= 0.6 is 0 Å². The predicted octanol–water partition coefficient (Wildman–Crippen LogP) is -1.28. The average molecular weight is 215 g/mol. The molecule has 0 saturated carbocycles. The van der Waals surface area contributed by atoms with E-state index >= 15 is 0 Å². The number of hydrogen-bond donors (Lipinski definition) is 4. The molecule has 84 valence electrons. The van der Waals surface area contributed by atoms with Gasteiger partial charge in [-0.15, -0.1) is 0 Å². The Morgan fingerprint density at radius 3 is 1.60 bits per heavy atom. The molecule has 8 N–H and O–H groups in total. The van der Waals surface area contributed by atoms with Crippen molar-refractivity contribution < 1.29 is 9.53 Å². The van der Waals surface area contributed by atoms with Gasteiger partial charge < -0.3 is 27.7 Å². The van der Waals surface area contributed by atoms with Gasteiger partial charge in [0.2, 0.25) is 17.8 Å². The van der Waals surface area contributed by atoms with Gasteiger partial charge >= 0.3 is 6.09 Å². The van der Waals surface area contributed by atoms with E-state index in [2.05, 4.69) is 25.4 Å². The highest BCUT2D eigenvalue weighted by atomic mass is 16.5. The van der Waals surface area contributed by atoms with Crippen molar-refractivity contribution in [1.29, 1.82) is 0 Å². The molecule has 0 unspecified atom stereocenters. The molecular weight excluding hydrogens is 202 g/mol. The SMILES string of the molecule is CCOC(N)=O.Nc1nc(N)nc(N)n1. The van der Waals surface area contributed by atoms with Crippen molar-refractivity contribution in [3.05, 3.63) is 0 Å². The molecular formula is C6H13N7O2. The fourth-order valence-electron chi connectivity index (χ4n) is 0.569. The van der Waals surface area contributed by atoms with Crippen LogP contribution in [0.1, 0.15) is 6.92 Å². The standard InChI is InChI=1S/C3H6N6.C3H7NO2/c4-1-7-2(5)9-3(6)8-1;1-2-6-3(4)5/h(H6,4,5,6,7,8,9);2H2,1H3,(H2,4,5). The molecule has 0 fully saturated rings. The smallest absolute Gasteiger partial charge is 0.404 e. The van der Waals surface area contributed by atoms with E-state index in [9.17, 15) is 4.79 Å². The summed E-state index contributed by atoms with van der Waals surface area (Å²) in [5, 5.41) is 0. The number of nitrogens with two attached hydrogens (primary N) is 4. The van der Waals surface area contributed by atoms with Crippen molar-refractivity contribution in [2.24, 2.45) is 5.73 Å². The summed E-state index contributed by atoms with van der Waals surface area (Å²) >= 11 is 0. The molecule has 0 saturated heterocycles. The molecule has 0 spiro atoms. The van der Waals surface area contributed by atoms with Gasteiger partial charge in [0.15, 0.2) is 0 Å². The van der Waals surface area contributed by atoms with Gasteiger partial charge in [0, 0.05) is 0 Å². The summed E-state index contributed by atoms with van der Waals surface area (Å²) in [6.45, 7) is 2.06. The molecule has 1 aromatic rings. The lowest BCUT2D eigenvalue weighted by Crippen LogP contribution is -2.11. The minimum absolute atomic E-state index is 0.0417. The van der Waals surface area contributed by atoms with Gasteiger partial charge in [0.05, 0.1) is 6.61 Å². The van der Waals surface area contributed by atoms with E-state index in [-0.39, 0.29) is 17.8 Å². The molecule has 1 heterocycles. The second-order valence-corrected chi connectivity index (χ2v) is 2.16. The third kappa shape index (κ3) is 6.81. The number of carbonyl (C=O) groups excluding carboxylic acids is 1. The van der Waals surface area contributed by atoms with E-state index in [0.717, 1.165) is 0 Å². The molecule has 0 bridgehead atoms. The monoisotopic (exact) mass is 215 g/mol. The summed E-state index contributed by atoms with van der Waals surface area (Å²) in [6, 6.07) is 0. The van der Waals surface area contributed by atoms with Crippen LogP contribution in [0.15, 0.2) is 0 Å². The quantitative estimate of drug-likeness (QED) is 0.448. The largest absolute Gasteiger partial charge is 0.450 e. The van der Waals surface area contributed by atoms with E-state index in [1.54, 1.807) is 6.92 Å². The Balaban J connectivity index is 0.000000288. The van der Waals surface area contributed by atoms with Crippen LogP contribution in [0.2, 0.25) is 0 Å². The van der Waals surface area contributed by atoms with Crippen molar-refractivity contribution in [2.75, 3.05) is 23.8 Å². The minimum Gasteiger partial charge on any atom is -0.450 e. The lowest BCUT2D eigenvalue weighted by atomic mass is 10.9. The van der Waals surface area contributed by atoms with Gasteiger partial charge in [-0.25, -0.2) is 4.79 Å². The van der Waals surface area contributed by atoms with E-state index in [4.69, 9.17) is 17.2 Å². The van der Waals surface area contributed by atoms with Crippen LogP contribution in [-0.4, -0.2) is 27.7 Å². The zero-order valence-electron chi connectivity index (χ0n) is 8.17. The third-order valence-electron chi connectivity index (χ3n) is 0.974. The van der Waals surface area contributed by atoms with Gasteiger partial charge in [-0.2, -0.15) is 15.0 Å². The Hall–Kier alpha value is -2.32. The zero-order chi connectivity index (χ0) is 11.8. The van der Waals surface area contributed by atoms with Crippen molar-refractivity contribution in [2.45, 2.75) is 6.92 Å². The van der Waals surface area contributed by atoms with Crippen LogP contribution in [0.4, 0.5) is 22.6 Å². The summed E-state index contributed by atoms with van der Waals surface area (Å²) in [5.41, 5.74) is 20.0. The Labute approximate surface area is 85.8 Å². The maximum absolute atomic E-state index is 9.60. The van der Waals surface area contributed by atoms with Gasteiger partial charge in [-0.3, -0.25) is 0 Å². The van der Waals surface area contributed by atoms with Gasteiger partial charge in [-0.05, 0) is 6.92 Å². The summed E-state index contributed by atoms with van der Waals surface area (Å²) in [6.07, 6.45) is -0.711. The van der Waals surface area contributed by atoms with Crippen molar-refractivity contribution in [3.63, 3.8) is 0 Å². The van der Waals surface area contributed by atoms with Gasteiger partial charge in [0.1, 0.15) is 0 Å². The Morgan fingerprint density at radius 1 is 1.13 bits per heavy atom. The molecule has 0 aliphatic heterocycles. The van der Waals surface area contributed by atoms with Crippen molar-refractivity contribution in [1.82, 2.24) is 15.0 Å². The maximum atomic E-state index is 9.60. The van der Waals surface area contributed by atoms with Gasteiger partial charge in [0.25, 0.3) is 0 Å². The molecule has 0 aliphatic rings. The number of ether oxygens (including phenoxy) is 1. The highest BCUT2D eigenvalue weighted by Gasteiger charge is 1.93. The van der Waals surface area contributed by atoms with E-state index < -0.39 is 6.09 Å². The Morgan fingerprint density at radius 2 is 1.47 bits per heavy atom. The first-order chi connectivity index (χ1) is 6.95. The topological polar surface area (TPSA) is 169 Å². The third-order valence-corrected chi connectivity index (χ3v) is 0.974. The number of nitrogen functional groups attached to an aromatic ring is 3. The maximum Gasteiger partial charge on any atom is 0.404 e. The molecule has 0 atom stereocenters. The summed E-state index contributed by atoms with van der Waals surface area (Å²) in [5.74, 6) is 0.125. The van der Waals surface area contributed by atoms with Crippen molar-refractivity contribution >= 4 is 23.9 Å². The Kier molecular flexibility index (Phi) is 5.23. The second kappa shape index (κ2) is 6.18. The van der Waals surface area contributed by atoms with Crippen molar-refractivity contribution in [3.8, 4) is 0 Å². The predicted molar refractivity (Wildman–Crippen MR) is 54.3 cm³/mol. The van der Waals surface area contributed by atoms with Crippen LogP contribution < -0.4 is 22.9 Å². The lowest BCUT2D eigenvalue weighted by Gasteiger charge is -1.93. The number of carbonyl (C=O) groups is 1. The first kappa shape index (κ1) is 12.7. The molecule has 1 rings (SSSR count). The number of aromatic nitrogens is 3. The molecule has 9 heteroatoms. The van der Waals surface area contributed by atoms with Crippen LogP contribution in [0.5, 0.6) is 0 Å². The van der Waals surface area contributed by atoms with E-state index in [1.807, 2.05) is 0 Å². The fourth-order valence-corrected chi connectivity index (χ4v) is 0.569. The first-order valence-electron chi connectivity index (χ1n) is 3.90.